The van der Waals surface area contributed by atoms with Crippen LogP contribution in [-0.4, -0.2) is 41.1 Å². The molecule has 1 heterocycles. The Bertz CT molecular complexity index is 812. The minimum absolute atomic E-state index is 0.0244. The van der Waals surface area contributed by atoms with Crippen molar-refractivity contribution in [3.8, 4) is 0 Å². The van der Waals surface area contributed by atoms with Gasteiger partial charge >= 0.3 is 6.03 Å². The minimum atomic E-state index is -0.896. The lowest BCUT2D eigenvalue weighted by atomic mass is 9.88. The Kier molecular flexibility index (Phi) is 3.08. The minimum Gasteiger partial charge on any atom is -0.394 e. The van der Waals surface area contributed by atoms with Crippen molar-refractivity contribution in [2.24, 2.45) is 23.2 Å². The Morgan fingerprint density at radius 3 is 2.69 bits per heavy atom. The second kappa shape index (κ2) is 5.07. The van der Waals surface area contributed by atoms with E-state index in [1.165, 1.54) is 0 Å². The largest absolute Gasteiger partial charge is 0.394 e. The lowest BCUT2D eigenvalue weighted by Crippen LogP contribution is -2.51. The monoisotopic (exact) mass is 355 g/mol. The number of carbonyl (C=O) groups is 3. The molecule has 4 saturated carbocycles. The van der Waals surface area contributed by atoms with Crippen LogP contribution in [-0.2, 0) is 16.0 Å². The number of hydrogen-bond acceptors (Lipinski definition) is 4. The van der Waals surface area contributed by atoms with Crippen molar-refractivity contribution in [1.82, 2.24) is 16.0 Å². The van der Waals surface area contributed by atoms with E-state index in [0.717, 1.165) is 12.0 Å². The lowest BCUT2D eigenvalue weighted by molar-refractivity contribution is -0.128. The van der Waals surface area contributed by atoms with Crippen LogP contribution in [0.3, 0.4) is 0 Å². The van der Waals surface area contributed by atoms with E-state index in [-0.39, 0.29) is 42.2 Å². The molecule has 26 heavy (non-hydrogen) atoms. The zero-order valence-electron chi connectivity index (χ0n) is 14.2. The quantitative estimate of drug-likeness (QED) is 0.555. The van der Waals surface area contributed by atoms with Gasteiger partial charge in [0.25, 0.3) is 5.91 Å². The van der Waals surface area contributed by atoms with Gasteiger partial charge in [-0.25, -0.2) is 4.79 Å². The number of amides is 4. The summed E-state index contributed by atoms with van der Waals surface area (Å²) in [4.78, 5) is 37.1. The van der Waals surface area contributed by atoms with E-state index < -0.39 is 17.0 Å². The average Bonchev–Trinajstić information content (AvgIpc) is 2.98. The zero-order chi connectivity index (χ0) is 18.1. The molecule has 0 aromatic heterocycles. The van der Waals surface area contributed by atoms with E-state index >= 15 is 0 Å². The maximum atomic E-state index is 13.1. The summed E-state index contributed by atoms with van der Waals surface area (Å²) >= 11 is 0. The molecule has 136 valence electrons. The van der Waals surface area contributed by atoms with Crippen LogP contribution >= 0.6 is 0 Å². The predicted molar refractivity (Wildman–Crippen MR) is 90.7 cm³/mol. The highest BCUT2D eigenvalue weighted by Crippen LogP contribution is 2.82. The number of nitrogens with one attached hydrogen (secondary N) is 3. The summed E-state index contributed by atoms with van der Waals surface area (Å²) in [6, 6.07) is 8.90. The van der Waals surface area contributed by atoms with Crippen molar-refractivity contribution in [3.63, 3.8) is 0 Å². The molecular formula is C19H21N3O4. The molecule has 7 nitrogen and oxygen atoms in total. The van der Waals surface area contributed by atoms with Gasteiger partial charge in [-0.15, -0.1) is 0 Å². The van der Waals surface area contributed by atoms with Crippen LogP contribution in [0.5, 0.6) is 0 Å². The maximum Gasteiger partial charge on any atom is 0.322 e. The molecule has 6 atom stereocenters. The first-order chi connectivity index (χ1) is 12.5. The maximum absolute atomic E-state index is 13.1. The van der Waals surface area contributed by atoms with Gasteiger partial charge in [-0.2, -0.15) is 0 Å². The van der Waals surface area contributed by atoms with Gasteiger partial charge < -0.3 is 15.7 Å². The van der Waals surface area contributed by atoms with E-state index in [2.05, 4.69) is 16.0 Å². The van der Waals surface area contributed by atoms with Gasteiger partial charge in [-0.1, -0.05) is 30.3 Å². The summed E-state index contributed by atoms with van der Waals surface area (Å²) in [5, 5.41) is 17.9. The molecule has 7 heteroatoms. The first kappa shape index (κ1) is 15.8. The summed E-state index contributed by atoms with van der Waals surface area (Å²) in [6.07, 6.45) is 1.99. The predicted octanol–water partition coefficient (Wildman–Crippen LogP) is -0.0596. The molecule has 0 unspecified atom stereocenters. The molecule has 5 aliphatic rings. The number of imide groups is 1. The third-order valence-electron chi connectivity index (χ3n) is 6.99. The summed E-state index contributed by atoms with van der Waals surface area (Å²) in [6.45, 7) is -0.141. The van der Waals surface area contributed by atoms with Crippen LogP contribution in [0.15, 0.2) is 30.3 Å². The van der Waals surface area contributed by atoms with E-state index in [0.29, 0.717) is 12.8 Å². The second-order valence-electron chi connectivity index (χ2n) is 8.08. The molecule has 1 spiro atoms. The molecule has 4 aliphatic carbocycles. The molecule has 5 fully saturated rings. The molecule has 1 saturated heterocycles. The van der Waals surface area contributed by atoms with E-state index in [4.69, 9.17) is 0 Å². The molecule has 1 aliphatic heterocycles. The van der Waals surface area contributed by atoms with Gasteiger partial charge in [0.1, 0.15) is 5.54 Å². The standard InChI is InChI=1S/C19H21N3O4/c23-9-12(6-10-4-2-1-3-5-10)20-15(24)18-8-11-7-13(18)14(18)19(11)16(25)21-17(26)22-19/h1-5,11-14,23H,6-9H2,(H,20,24)(H2,21,22,25,26)/t11-,12+,13-,14+,18-,19+/m0/s1. The molecule has 1 aromatic rings. The Hall–Kier alpha value is -2.41. The van der Waals surface area contributed by atoms with Crippen molar-refractivity contribution < 1.29 is 19.5 Å². The average molecular weight is 355 g/mol. The van der Waals surface area contributed by atoms with Crippen molar-refractivity contribution >= 4 is 17.8 Å². The summed E-state index contributed by atoms with van der Waals surface area (Å²) in [5.74, 6) is -0.322. The van der Waals surface area contributed by atoms with E-state index in [1.807, 2.05) is 30.3 Å². The van der Waals surface area contributed by atoms with Gasteiger partial charge in [-0.05, 0) is 36.7 Å². The summed E-state index contributed by atoms with van der Waals surface area (Å²) in [7, 11) is 0. The SMILES string of the molecule is O=C1NC(=O)[C@@]2(N1)[C@H]1C[C@H]3[C@@H]2[C@]3(C(=O)N[C@@H](CO)Cc2ccccc2)C1. The van der Waals surface area contributed by atoms with Crippen LogP contribution in [0.4, 0.5) is 4.79 Å². The first-order valence-electron chi connectivity index (χ1n) is 9.11. The Balaban J connectivity index is 1.33. The Morgan fingerprint density at radius 2 is 2.08 bits per heavy atom. The highest BCUT2D eigenvalue weighted by Gasteiger charge is 2.90. The third-order valence-corrected chi connectivity index (χ3v) is 6.99. The number of carbonyl (C=O) groups excluding carboxylic acids is 3. The van der Waals surface area contributed by atoms with Crippen LogP contribution in [0.1, 0.15) is 18.4 Å². The number of urea groups is 1. The van der Waals surface area contributed by atoms with Crippen LogP contribution < -0.4 is 16.0 Å². The number of aliphatic hydroxyl groups is 1. The second-order valence-corrected chi connectivity index (χ2v) is 8.08. The summed E-state index contributed by atoms with van der Waals surface area (Å²) in [5.41, 5.74) is -0.414. The van der Waals surface area contributed by atoms with Crippen LogP contribution in [0.25, 0.3) is 0 Å². The zero-order valence-corrected chi connectivity index (χ0v) is 14.2. The van der Waals surface area contributed by atoms with Gasteiger partial charge in [0.15, 0.2) is 0 Å². The number of aliphatic hydroxyl groups excluding tert-OH is 1. The van der Waals surface area contributed by atoms with Gasteiger partial charge in [0.05, 0.1) is 18.1 Å². The topological polar surface area (TPSA) is 108 Å². The molecule has 6 rings (SSSR count). The number of rotatable bonds is 5. The lowest BCUT2D eigenvalue weighted by Gasteiger charge is -2.24. The highest BCUT2D eigenvalue weighted by atomic mass is 16.3. The Morgan fingerprint density at radius 1 is 1.31 bits per heavy atom. The van der Waals surface area contributed by atoms with Crippen molar-refractivity contribution in [1.29, 1.82) is 0 Å². The van der Waals surface area contributed by atoms with Gasteiger partial charge in [0, 0.05) is 5.92 Å². The van der Waals surface area contributed by atoms with Gasteiger partial charge in [0.2, 0.25) is 5.91 Å². The normalized spacial score (nSPS) is 39.7. The summed E-state index contributed by atoms with van der Waals surface area (Å²) < 4.78 is 0. The fourth-order valence-corrected chi connectivity index (χ4v) is 6.04. The van der Waals surface area contributed by atoms with Crippen molar-refractivity contribution in [2.45, 2.75) is 30.8 Å². The smallest absolute Gasteiger partial charge is 0.322 e. The number of benzene rings is 1. The molecule has 1 aromatic carbocycles. The fourth-order valence-electron chi connectivity index (χ4n) is 6.04. The molecular weight excluding hydrogens is 334 g/mol. The number of hydrogen-bond donors (Lipinski definition) is 4. The molecule has 4 amide bonds. The first-order valence-corrected chi connectivity index (χ1v) is 9.11. The van der Waals surface area contributed by atoms with Crippen LogP contribution in [0.2, 0.25) is 0 Å². The van der Waals surface area contributed by atoms with Crippen molar-refractivity contribution in [2.75, 3.05) is 6.61 Å². The van der Waals surface area contributed by atoms with Crippen LogP contribution in [0, 0.1) is 23.2 Å². The van der Waals surface area contributed by atoms with Crippen molar-refractivity contribution in [3.05, 3.63) is 35.9 Å². The Labute approximate surface area is 150 Å². The van der Waals surface area contributed by atoms with E-state index in [9.17, 15) is 19.5 Å². The molecule has 4 bridgehead atoms. The molecule has 0 radical (unpaired) electrons. The third kappa shape index (κ3) is 1.79. The fraction of sp³-hybridized carbons (Fsp3) is 0.526. The highest BCUT2D eigenvalue weighted by molar-refractivity contribution is 6.10. The molecule has 4 N–H and O–H groups in total. The van der Waals surface area contributed by atoms with E-state index in [1.54, 1.807) is 0 Å². The van der Waals surface area contributed by atoms with Gasteiger partial charge in [-0.3, -0.25) is 14.9 Å².